The highest BCUT2D eigenvalue weighted by Gasteiger charge is 2.26. The number of hydrogen-bond acceptors (Lipinski definition) is 6. The summed E-state index contributed by atoms with van der Waals surface area (Å²) in [6, 6.07) is 11.7. The van der Waals surface area contributed by atoms with Crippen molar-refractivity contribution in [2.24, 2.45) is 0 Å². The zero-order valence-electron chi connectivity index (χ0n) is 18.7. The summed E-state index contributed by atoms with van der Waals surface area (Å²) in [5.74, 6) is -0.552. The van der Waals surface area contributed by atoms with Crippen LogP contribution < -0.4 is 5.32 Å². The average Bonchev–Trinajstić information content (AvgIpc) is 3.20. The molecule has 4 rings (SSSR count). The van der Waals surface area contributed by atoms with Crippen LogP contribution in [0.4, 0.5) is 14.3 Å². The van der Waals surface area contributed by atoms with E-state index in [9.17, 15) is 14.0 Å². The summed E-state index contributed by atoms with van der Waals surface area (Å²) < 4.78 is 18.5. The zero-order valence-corrected chi connectivity index (χ0v) is 19.5. The molecule has 2 heterocycles. The van der Waals surface area contributed by atoms with Crippen LogP contribution in [0.5, 0.6) is 0 Å². The molecule has 0 unspecified atom stereocenters. The number of ether oxygens (including phenoxy) is 1. The number of benzene rings is 2. The van der Waals surface area contributed by atoms with Gasteiger partial charge in [0.2, 0.25) is 5.13 Å². The minimum atomic E-state index is -0.539. The summed E-state index contributed by atoms with van der Waals surface area (Å²) in [4.78, 5) is 26.8. The lowest BCUT2D eigenvalue weighted by molar-refractivity contribution is 0.0224. The van der Waals surface area contributed by atoms with E-state index < -0.39 is 5.60 Å². The molecule has 0 saturated carbocycles. The molecule has 172 valence electrons. The van der Waals surface area contributed by atoms with Crippen molar-refractivity contribution in [2.75, 3.05) is 11.9 Å². The zero-order chi connectivity index (χ0) is 23.6. The van der Waals surface area contributed by atoms with Gasteiger partial charge in [0.05, 0.1) is 0 Å². The molecule has 2 aromatic carbocycles. The van der Waals surface area contributed by atoms with E-state index >= 15 is 0 Å². The topological polar surface area (TPSA) is 84.4 Å². The van der Waals surface area contributed by atoms with E-state index in [1.54, 1.807) is 23.1 Å². The molecule has 1 aromatic heterocycles. The van der Waals surface area contributed by atoms with Crippen LogP contribution in [0.3, 0.4) is 0 Å². The number of halogens is 1. The number of nitrogens with one attached hydrogen (secondary N) is 1. The van der Waals surface area contributed by atoms with Gasteiger partial charge in [-0.1, -0.05) is 29.5 Å². The number of aromatic nitrogens is 2. The fourth-order valence-electron chi connectivity index (χ4n) is 3.50. The first-order chi connectivity index (χ1) is 15.7. The van der Waals surface area contributed by atoms with Gasteiger partial charge in [-0.25, -0.2) is 9.18 Å². The molecule has 0 bridgehead atoms. The first kappa shape index (κ1) is 22.8. The van der Waals surface area contributed by atoms with Crippen molar-refractivity contribution in [2.45, 2.75) is 45.8 Å². The van der Waals surface area contributed by atoms with E-state index in [1.165, 1.54) is 23.5 Å². The molecule has 3 aromatic rings. The molecule has 33 heavy (non-hydrogen) atoms. The Morgan fingerprint density at radius 2 is 1.88 bits per heavy atom. The number of carbonyl (C=O) groups is 2. The third-order valence-electron chi connectivity index (χ3n) is 5.09. The van der Waals surface area contributed by atoms with Crippen molar-refractivity contribution in [1.82, 2.24) is 15.1 Å². The van der Waals surface area contributed by atoms with Gasteiger partial charge in [-0.2, -0.15) is 0 Å². The third kappa shape index (κ3) is 5.92. The lowest BCUT2D eigenvalue weighted by Gasteiger charge is -2.31. The van der Waals surface area contributed by atoms with E-state index in [4.69, 9.17) is 4.74 Å². The Bertz CT molecular complexity index is 1170. The van der Waals surface area contributed by atoms with Crippen molar-refractivity contribution in [3.05, 3.63) is 75.5 Å². The van der Waals surface area contributed by atoms with Crippen LogP contribution in [0.15, 0.2) is 42.5 Å². The molecular weight excluding hydrogens is 443 g/mol. The molecular formula is C24H25FN4O3S. The number of anilines is 1. The summed E-state index contributed by atoms with van der Waals surface area (Å²) in [6.07, 6.45) is 0.833. The molecule has 0 spiro atoms. The lowest BCUT2D eigenvalue weighted by atomic mass is 9.97. The van der Waals surface area contributed by atoms with Gasteiger partial charge in [0.25, 0.3) is 5.91 Å². The number of amides is 2. The maximum absolute atomic E-state index is 13.1. The van der Waals surface area contributed by atoms with E-state index in [-0.39, 0.29) is 17.8 Å². The molecule has 1 aliphatic heterocycles. The fourth-order valence-corrected chi connectivity index (χ4v) is 4.27. The Hall–Kier alpha value is -3.33. The molecule has 1 aliphatic rings. The highest BCUT2D eigenvalue weighted by atomic mass is 32.1. The monoisotopic (exact) mass is 468 g/mol. The predicted molar refractivity (Wildman–Crippen MR) is 124 cm³/mol. The van der Waals surface area contributed by atoms with Crippen LogP contribution in [-0.4, -0.2) is 39.2 Å². The van der Waals surface area contributed by atoms with Gasteiger partial charge in [0, 0.05) is 25.1 Å². The van der Waals surface area contributed by atoms with Crippen LogP contribution in [0.1, 0.15) is 52.8 Å². The van der Waals surface area contributed by atoms with Crippen molar-refractivity contribution in [3.63, 3.8) is 0 Å². The van der Waals surface area contributed by atoms with E-state index in [1.807, 2.05) is 32.9 Å². The second-order valence-corrected chi connectivity index (χ2v) is 9.96. The van der Waals surface area contributed by atoms with Gasteiger partial charge in [-0.05, 0) is 68.1 Å². The summed E-state index contributed by atoms with van der Waals surface area (Å²) in [7, 11) is 0. The summed E-state index contributed by atoms with van der Waals surface area (Å²) >= 11 is 1.29. The third-order valence-corrected chi connectivity index (χ3v) is 5.93. The van der Waals surface area contributed by atoms with Gasteiger partial charge in [0.15, 0.2) is 0 Å². The Kier molecular flexibility index (Phi) is 6.42. The van der Waals surface area contributed by atoms with Crippen LogP contribution in [0.2, 0.25) is 0 Å². The Morgan fingerprint density at radius 3 is 2.61 bits per heavy atom. The van der Waals surface area contributed by atoms with E-state index in [2.05, 4.69) is 15.5 Å². The number of fused-ring (bicyclic) bond motifs is 1. The smallest absolute Gasteiger partial charge is 0.410 e. The van der Waals surface area contributed by atoms with Crippen molar-refractivity contribution >= 4 is 28.5 Å². The van der Waals surface area contributed by atoms with Crippen LogP contribution >= 0.6 is 11.3 Å². The van der Waals surface area contributed by atoms with Gasteiger partial charge in [0.1, 0.15) is 16.4 Å². The summed E-state index contributed by atoms with van der Waals surface area (Å²) in [5.41, 5.74) is 2.94. The van der Waals surface area contributed by atoms with Crippen molar-refractivity contribution in [1.29, 1.82) is 0 Å². The highest BCUT2D eigenvalue weighted by molar-refractivity contribution is 7.15. The largest absolute Gasteiger partial charge is 0.444 e. The number of hydrogen-bond donors (Lipinski definition) is 1. The minimum absolute atomic E-state index is 0.267. The predicted octanol–water partition coefficient (Wildman–Crippen LogP) is 4.81. The molecule has 1 N–H and O–H groups in total. The molecule has 9 heteroatoms. The van der Waals surface area contributed by atoms with Crippen molar-refractivity contribution < 1.29 is 18.7 Å². The molecule has 0 radical (unpaired) electrons. The summed E-state index contributed by atoms with van der Waals surface area (Å²) in [5, 5.41) is 12.1. The summed E-state index contributed by atoms with van der Waals surface area (Å²) in [6.45, 7) is 6.53. The van der Waals surface area contributed by atoms with Gasteiger partial charge in [-0.3, -0.25) is 10.1 Å². The van der Waals surface area contributed by atoms with Gasteiger partial charge in [-0.15, -0.1) is 10.2 Å². The Morgan fingerprint density at radius 1 is 1.12 bits per heavy atom. The highest BCUT2D eigenvalue weighted by Crippen LogP contribution is 2.24. The molecule has 2 amide bonds. The molecule has 7 nitrogen and oxygen atoms in total. The fraction of sp³-hybridized carbons (Fsp3) is 0.333. The Balaban J connectivity index is 1.38. The molecule has 0 aliphatic carbocycles. The molecule has 0 saturated heterocycles. The van der Waals surface area contributed by atoms with Crippen LogP contribution in [0, 0.1) is 5.82 Å². The number of nitrogens with zero attached hydrogens (tertiary/aromatic N) is 3. The van der Waals surface area contributed by atoms with E-state index in [0.717, 1.165) is 21.7 Å². The van der Waals surface area contributed by atoms with Gasteiger partial charge < -0.3 is 9.64 Å². The molecule has 0 atom stereocenters. The molecule has 0 fully saturated rings. The van der Waals surface area contributed by atoms with E-state index in [0.29, 0.717) is 36.6 Å². The number of carbonyl (C=O) groups excluding carboxylic acids is 2. The SMILES string of the molecule is CC(C)(C)OC(=O)N1CCc2cc(C(=O)Nc3nnc(Cc4ccc(F)cc4)s3)ccc2C1. The Labute approximate surface area is 195 Å². The quantitative estimate of drug-likeness (QED) is 0.594. The first-order valence-corrected chi connectivity index (χ1v) is 11.5. The average molecular weight is 469 g/mol. The maximum atomic E-state index is 13.1. The normalized spacial score (nSPS) is 13.4. The number of rotatable bonds is 4. The van der Waals surface area contributed by atoms with Gasteiger partial charge >= 0.3 is 6.09 Å². The standard InChI is InChI=1S/C24H25FN4O3S/c1-24(2,3)32-23(31)29-11-10-16-13-17(6-7-18(16)14-29)21(30)26-22-28-27-20(33-22)12-15-4-8-19(25)9-5-15/h4-9,13H,10-12,14H2,1-3H3,(H,26,28,30). The minimum Gasteiger partial charge on any atom is -0.444 e. The first-order valence-electron chi connectivity index (χ1n) is 10.6. The lowest BCUT2D eigenvalue weighted by Crippen LogP contribution is -2.39. The maximum Gasteiger partial charge on any atom is 0.410 e. The second kappa shape index (κ2) is 9.27. The van der Waals surface area contributed by atoms with Crippen LogP contribution in [0.25, 0.3) is 0 Å². The second-order valence-electron chi connectivity index (χ2n) is 8.89. The van der Waals surface area contributed by atoms with Crippen LogP contribution in [-0.2, 0) is 24.1 Å². The van der Waals surface area contributed by atoms with Crippen molar-refractivity contribution in [3.8, 4) is 0 Å².